The van der Waals surface area contributed by atoms with Crippen molar-refractivity contribution in [2.45, 2.75) is 59.4 Å². The van der Waals surface area contributed by atoms with Gasteiger partial charge in [-0.05, 0) is 29.9 Å². The molecule has 7 heteroatoms. The monoisotopic (exact) mass is 437 g/mol. The first-order valence-electron chi connectivity index (χ1n) is 11.7. The summed E-state index contributed by atoms with van der Waals surface area (Å²) in [5.41, 5.74) is 5.44. The molecule has 1 aromatic carbocycles. The molecule has 172 valence electrons. The third-order valence-electron chi connectivity index (χ3n) is 6.35. The Morgan fingerprint density at radius 1 is 1.03 bits per heavy atom. The minimum atomic E-state index is -0.0563. The highest BCUT2D eigenvalue weighted by molar-refractivity contribution is 5.91. The number of aryl methyl sites for hydroxylation is 1. The van der Waals surface area contributed by atoms with Crippen LogP contribution in [0.1, 0.15) is 67.7 Å². The first-order valence-corrected chi connectivity index (χ1v) is 11.7. The first kappa shape index (κ1) is 22.5. The van der Waals surface area contributed by atoms with Crippen molar-refractivity contribution < 1.29 is 9.53 Å². The lowest BCUT2D eigenvalue weighted by Gasteiger charge is -2.34. The number of hydrogen-bond donors (Lipinski definition) is 1. The fourth-order valence-corrected chi connectivity index (χ4v) is 4.61. The Hall–Kier alpha value is -2.67. The average Bonchev–Trinajstić information content (AvgIpc) is 2.78. The van der Waals surface area contributed by atoms with Gasteiger partial charge in [0.05, 0.1) is 25.5 Å². The van der Waals surface area contributed by atoms with Crippen LogP contribution in [0, 0.1) is 6.92 Å². The molecular formula is C25H35N5O2. The zero-order valence-electron chi connectivity index (χ0n) is 19.9. The number of fused-ring (bicyclic) bond motifs is 1. The molecule has 4 rings (SSSR count). The van der Waals surface area contributed by atoms with E-state index in [1.165, 1.54) is 11.1 Å². The number of para-hydroxylation sites is 1. The van der Waals surface area contributed by atoms with Crippen molar-refractivity contribution in [2.24, 2.45) is 0 Å². The summed E-state index contributed by atoms with van der Waals surface area (Å²) in [6.45, 7) is 14.8. The Morgan fingerprint density at radius 2 is 1.69 bits per heavy atom. The number of nitrogens with zero attached hydrogens (tertiary/aromatic N) is 4. The van der Waals surface area contributed by atoms with Gasteiger partial charge in [0, 0.05) is 37.3 Å². The summed E-state index contributed by atoms with van der Waals surface area (Å²) in [7, 11) is 0. The molecule has 2 aromatic rings. The largest absolute Gasteiger partial charge is 0.378 e. The molecule has 0 unspecified atom stereocenters. The van der Waals surface area contributed by atoms with E-state index >= 15 is 0 Å². The minimum Gasteiger partial charge on any atom is -0.378 e. The Labute approximate surface area is 191 Å². The highest BCUT2D eigenvalue weighted by atomic mass is 16.5. The van der Waals surface area contributed by atoms with Crippen molar-refractivity contribution in [2.75, 3.05) is 43.1 Å². The van der Waals surface area contributed by atoms with Crippen LogP contribution in [0.2, 0.25) is 0 Å². The van der Waals surface area contributed by atoms with Gasteiger partial charge in [-0.3, -0.25) is 0 Å². The van der Waals surface area contributed by atoms with Crippen LogP contribution in [0.4, 0.5) is 16.3 Å². The molecule has 1 fully saturated rings. The van der Waals surface area contributed by atoms with Crippen molar-refractivity contribution in [3.63, 3.8) is 0 Å². The van der Waals surface area contributed by atoms with Crippen LogP contribution in [-0.2, 0) is 17.7 Å². The third kappa shape index (κ3) is 4.58. The molecule has 2 aliphatic heterocycles. The van der Waals surface area contributed by atoms with Gasteiger partial charge >= 0.3 is 6.03 Å². The number of carbonyl (C=O) groups is 1. The number of rotatable bonds is 4. The quantitative estimate of drug-likeness (QED) is 0.765. The maximum Gasteiger partial charge on any atom is 0.322 e. The average molecular weight is 438 g/mol. The minimum absolute atomic E-state index is 0.0563. The number of ether oxygens (including phenoxy) is 1. The molecule has 1 saturated heterocycles. The Kier molecular flexibility index (Phi) is 6.65. The molecule has 32 heavy (non-hydrogen) atoms. The summed E-state index contributed by atoms with van der Waals surface area (Å²) >= 11 is 0. The molecule has 1 aromatic heterocycles. The molecule has 0 radical (unpaired) electrons. The zero-order valence-corrected chi connectivity index (χ0v) is 19.9. The Bertz CT molecular complexity index is 956. The molecule has 7 nitrogen and oxygen atoms in total. The van der Waals surface area contributed by atoms with Gasteiger partial charge in [0.2, 0.25) is 0 Å². The number of nitrogens with one attached hydrogen (secondary N) is 1. The lowest BCUT2D eigenvalue weighted by Crippen LogP contribution is -2.42. The van der Waals surface area contributed by atoms with Gasteiger partial charge in [0.15, 0.2) is 0 Å². The highest BCUT2D eigenvalue weighted by Gasteiger charge is 2.28. The van der Waals surface area contributed by atoms with E-state index in [-0.39, 0.29) is 6.03 Å². The maximum atomic E-state index is 13.4. The number of anilines is 2. The van der Waals surface area contributed by atoms with E-state index in [1.54, 1.807) is 0 Å². The lowest BCUT2D eigenvalue weighted by molar-refractivity contribution is 0.122. The van der Waals surface area contributed by atoms with Crippen molar-refractivity contribution >= 4 is 17.5 Å². The standard InChI is InChI=1S/C25H35N5O2/c1-16(2)19-7-6-8-20(17(3)4)23(19)28-25(31)30-10-9-22-21(15-30)24(27-18(5)26-22)29-11-13-32-14-12-29/h6-8,16-17H,9-15H2,1-5H3,(H,28,31). The molecule has 2 amide bonds. The number of benzene rings is 1. The number of morpholine rings is 1. The van der Waals surface area contributed by atoms with Crippen LogP contribution in [-0.4, -0.2) is 53.7 Å². The second-order valence-electron chi connectivity index (χ2n) is 9.34. The first-order chi connectivity index (χ1) is 15.3. The van der Waals surface area contributed by atoms with Gasteiger partial charge in [-0.25, -0.2) is 14.8 Å². The van der Waals surface area contributed by atoms with E-state index in [0.717, 1.165) is 48.1 Å². The Morgan fingerprint density at radius 3 is 2.31 bits per heavy atom. The smallest absolute Gasteiger partial charge is 0.322 e. The lowest BCUT2D eigenvalue weighted by atomic mass is 9.92. The van der Waals surface area contributed by atoms with Crippen LogP contribution in [0.15, 0.2) is 18.2 Å². The molecule has 0 bridgehead atoms. The normalized spacial score (nSPS) is 16.5. The van der Waals surface area contributed by atoms with Crippen molar-refractivity contribution in [3.8, 4) is 0 Å². The maximum absolute atomic E-state index is 13.4. The van der Waals surface area contributed by atoms with Crippen LogP contribution < -0.4 is 10.2 Å². The van der Waals surface area contributed by atoms with E-state index in [2.05, 4.69) is 56.1 Å². The second-order valence-corrected chi connectivity index (χ2v) is 9.34. The molecule has 2 aliphatic rings. The van der Waals surface area contributed by atoms with E-state index in [0.29, 0.717) is 38.1 Å². The predicted molar refractivity (Wildman–Crippen MR) is 128 cm³/mol. The summed E-state index contributed by atoms with van der Waals surface area (Å²) < 4.78 is 5.52. The van der Waals surface area contributed by atoms with Crippen molar-refractivity contribution in [3.05, 3.63) is 46.4 Å². The molecular weight excluding hydrogens is 402 g/mol. The fraction of sp³-hybridized carbons (Fsp3) is 0.560. The number of aromatic nitrogens is 2. The molecule has 0 atom stereocenters. The van der Waals surface area contributed by atoms with E-state index < -0.39 is 0 Å². The van der Waals surface area contributed by atoms with E-state index in [1.807, 2.05) is 11.8 Å². The molecule has 0 aliphatic carbocycles. The van der Waals surface area contributed by atoms with E-state index in [9.17, 15) is 4.79 Å². The zero-order chi connectivity index (χ0) is 22.8. The van der Waals surface area contributed by atoms with Gasteiger partial charge in [0.1, 0.15) is 11.6 Å². The Balaban J connectivity index is 1.60. The molecule has 1 N–H and O–H groups in total. The fourth-order valence-electron chi connectivity index (χ4n) is 4.61. The topological polar surface area (TPSA) is 70.6 Å². The summed E-state index contributed by atoms with van der Waals surface area (Å²) in [6, 6.07) is 6.26. The SMILES string of the molecule is Cc1nc2c(c(N3CCOCC3)n1)CN(C(=O)Nc1c(C(C)C)cccc1C(C)C)CC2. The van der Waals surface area contributed by atoms with Gasteiger partial charge in [-0.1, -0.05) is 45.9 Å². The predicted octanol–water partition coefficient (Wildman–Crippen LogP) is 4.46. The number of hydrogen-bond acceptors (Lipinski definition) is 5. The van der Waals surface area contributed by atoms with Gasteiger partial charge in [0.25, 0.3) is 0 Å². The summed E-state index contributed by atoms with van der Waals surface area (Å²) in [5, 5.41) is 3.27. The summed E-state index contributed by atoms with van der Waals surface area (Å²) in [6.07, 6.45) is 0.742. The third-order valence-corrected chi connectivity index (χ3v) is 6.35. The van der Waals surface area contributed by atoms with E-state index in [4.69, 9.17) is 14.7 Å². The van der Waals surface area contributed by atoms with Crippen molar-refractivity contribution in [1.29, 1.82) is 0 Å². The summed E-state index contributed by atoms with van der Waals surface area (Å²) in [4.78, 5) is 27.0. The highest BCUT2D eigenvalue weighted by Crippen LogP contribution is 2.33. The van der Waals surface area contributed by atoms with Crippen LogP contribution >= 0.6 is 0 Å². The van der Waals surface area contributed by atoms with Gasteiger partial charge in [-0.2, -0.15) is 0 Å². The van der Waals surface area contributed by atoms with Gasteiger partial charge < -0.3 is 19.9 Å². The molecule has 3 heterocycles. The number of urea groups is 1. The van der Waals surface area contributed by atoms with Crippen molar-refractivity contribution in [1.82, 2.24) is 14.9 Å². The van der Waals surface area contributed by atoms with Crippen LogP contribution in [0.5, 0.6) is 0 Å². The molecule has 0 spiro atoms. The van der Waals surface area contributed by atoms with Crippen LogP contribution in [0.25, 0.3) is 0 Å². The summed E-state index contributed by atoms with van der Waals surface area (Å²) in [5.74, 6) is 2.40. The number of carbonyl (C=O) groups excluding carboxylic acids is 1. The molecule has 0 saturated carbocycles. The number of amides is 2. The second kappa shape index (κ2) is 9.45. The van der Waals surface area contributed by atoms with Crippen LogP contribution in [0.3, 0.4) is 0 Å². The van der Waals surface area contributed by atoms with Gasteiger partial charge in [-0.15, -0.1) is 0 Å².